The normalized spacial score (nSPS) is 22.5. The van der Waals surface area contributed by atoms with E-state index in [0.29, 0.717) is 19.3 Å². The Morgan fingerprint density at radius 1 is 0.522 bits per heavy atom. The van der Waals surface area contributed by atoms with E-state index in [1.165, 1.54) is 154 Å². The first-order chi connectivity index (χ1) is 32.3. The first-order valence-electron chi connectivity index (χ1n) is 27.0. The highest BCUT2D eigenvalue weighted by Crippen LogP contribution is 2.47. The van der Waals surface area contributed by atoms with Crippen molar-refractivity contribution in [1.82, 2.24) is 5.32 Å². The van der Waals surface area contributed by atoms with Crippen LogP contribution in [-0.2, 0) is 18.4 Å². The zero-order chi connectivity index (χ0) is 49.4. The Bertz CT molecular complexity index is 1290. The minimum absolute atomic E-state index is 0.253. The molecule has 0 bridgehead atoms. The molecule has 13 nitrogen and oxygen atoms in total. The molecule has 0 aromatic heterocycles. The summed E-state index contributed by atoms with van der Waals surface area (Å²) in [7, 11) is -5.16. The van der Waals surface area contributed by atoms with Gasteiger partial charge in [-0.05, 0) is 44.9 Å². The van der Waals surface area contributed by atoms with Crippen molar-refractivity contribution in [3.8, 4) is 0 Å². The quantitative estimate of drug-likeness (QED) is 0.0158. The Kier molecular flexibility index (Phi) is 40.0. The molecule has 0 aromatic carbocycles. The lowest BCUT2D eigenvalue weighted by Crippen LogP contribution is -2.64. The fourth-order valence-corrected chi connectivity index (χ4v) is 9.54. The van der Waals surface area contributed by atoms with E-state index in [2.05, 4.69) is 43.5 Å². The van der Waals surface area contributed by atoms with Crippen LogP contribution in [0.3, 0.4) is 0 Å². The van der Waals surface area contributed by atoms with Crippen LogP contribution in [-0.4, -0.2) is 108 Å². The van der Waals surface area contributed by atoms with Crippen molar-refractivity contribution < 1.29 is 59.0 Å². The van der Waals surface area contributed by atoms with E-state index in [4.69, 9.17) is 9.05 Å². The summed E-state index contributed by atoms with van der Waals surface area (Å²) in [5, 5.41) is 74.7. The van der Waals surface area contributed by atoms with Crippen molar-refractivity contribution in [3.05, 3.63) is 36.5 Å². The molecule has 8 atom stereocenters. The molecule has 1 fully saturated rings. The lowest BCUT2D eigenvalue weighted by Gasteiger charge is -2.41. The second-order valence-corrected chi connectivity index (χ2v) is 20.7. The predicted octanol–water partition coefficient (Wildman–Crippen LogP) is 10.5. The SMILES string of the molecule is CCCCCCCCCCC/C=C/CC/C=C/CC/C=C/C(O)C(COP(=O)(O)OC1C(O)C(O)C(O)C(O)C1O)NC(=O)CC(O)CCCCCCCCCCCCCCCCCCCC. The summed E-state index contributed by atoms with van der Waals surface area (Å²) < 4.78 is 22.9. The van der Waals surface area contributed by atoms with Crippen molar-refractivity contribution in [2.24, 2.45) is 0 Å². The number of rotatable bonds is 45. The molecular formula is C53H100NO12P. The molecule has 0 aromatic rings. The molecule has 9 N–H and O–H groups in total. The number of amides is 1. The average Bonchev–Trinajstić information content (AvgIpc) is 3.30. The van der Waals surface area contributed by atoms with Crippen LogP contribution in [0.15, 0.2) is 36.5 Å². The van der Waals surface area contributed by atoms with Crippen molar-refractivity contribution in [3.63, 3.8) is 0 Å². The van der Waals surface area contributed by atoms with Gasteiger partial charge in [0.2, 0.25) is 5.91 Å². The number of hydrogen-bond donors (Lipinski definition) is 9. The van der Waals surface area contributed by atoms with Gasteiger partial charge in [-0.2, -0.15) is 0 Å². The van der Waals surface area contributed by atoms with Gasteiger partial charge in [0.05, 0.1) is 31.3 Å². The minimum atomic E-state index is -5.16. The first-order valence-corrected chi connectivity index (χ1v) is 28.5. The van der Waals surface area contributed by atoms with E-state index in [1.807, 2.05) is 0 Å². The van der Waals surface area contributed by atoms with E-state index >= 15 is 0 Å². The number of phosphoric acid groups is 1. The Morgan fingerprint density at radius 3 is 1.31 bits per heavy atom. The van der Waals surface area contributed by atoms with Gasteiger partial charge in [0.25, 0.3) is 0 Å². The number of unbranched alkanes of at least 4 members (excludes halogenated alkanes) is 28. The van der Waals surface area contributed by atoms with Gasteiger partial charge < -0.3 is 46.0 Å². The van der Waals surface area contributed by atoms with E-state index in [-0.39, 0.29) is 6.42 Å². The molecule has 1 aliphatic carbocycles. The summed E-state index contributed by atoms with van der Waals surface area (Å²) in [4.78, 5) is 23.5. The maximum atomic E-state index is 13.1. The van der Waals surface area contributed by atoms with Crippen LogP contribution in [0.25, 0.3) is 0 Å². The topological polar surface area (TPSA) is 226 Å². The maximum absolute atomic E-state index is 13.1. The number of carbonyl (C=O) groups excluding carboxylic acids is 1. The highest BCUT2D eigenvalue weighted by atomic mass is 31.2. The van der Waals surface area contributed by atoms with Crippen LogP contribution in [0, 0.1) is 0 Å². The van der Waals surface area contributed by atoms with Crippen LogP contribution < -0.4 is 5.32 Å². The molecule has 1 amide bonds. The number of nitrogens with one attached hydrogen (secondary N) is 1. The lowest BCUT2D eigenvalue weighted by atomic mass is 9.85. The lowest BCUT2D eigenvalue weighted by molar-refractivity contribution is -0.220. The summed E-state index contributed by atoms with van der Waals surface area (Å²) in [6.45, 7) is 3.76. The summed E-state index contributed by atoms with van der Waals surface area (Å²) in [5.41, 5.74) is 0. The smallest absolute Gasteiger partial charge is 0.393 e. The molecule has 14 heteroatoms. The fraction of sp³-hybridized carbons (Fsp3) is 0.868. The second kappa shape index (κ2) is 42.2. The summed E-state index contributed by atoms with van der Waals surface area (Å²) in [5.74, 6) is -0.604. The van der Waals surface area contributed by atoms with Gasteiger partial charge in [0.1, 0.15) is 36.6 Å². The molecule has 0 radical (unpaired) electrons. The number of allylic oxidation sites excluding steroid dienone is 5. The van der Waals surface area contributed by atoms with Crippen molar-refractivity contribution in [1.29, 1.82) is 0 Å². The fourth-order valence-electron chi connectivity index (χ4n) is 8.57. The number of phosphoric ester groups is 1. The van der Waals surface area contributed by atoms with Crippen molar-refractivity contribution >= 4 is 13.7 Å². The molecule has 1 saturated carbocycles. The van der Waals surface area contributed by atoms with Crippen LogP contribution in [0.4, 0.5) is 0 Å². The third-order valence-corrected chi connectivity index (χ3v) is 13.9. The standard InChI is InChI=1S/C53H100NO12P/c1-3-5-7-9-11-13-15-17-19-21-23-25-27-29-31-33-35-37-39-41-46(56)45(43-65-67(63,64)66-53-51(61)49(59)48(58)50(60)52(53)62)54-47(57)42-44(55)40-38-36-34-32-30-28-26-24-22-20-18-16-14-12-10-8-6-4-2/h23,25,31,33,39,41,44-46,48-53,55-56,58-62H,3-22,24,26-30,32,34-38,40,42-43H2,1-2H3,(H,54,57)(H,63,64)/b25-23+,33-31+,41-39+. The number of aliphatic hydroxyl groups excluding tert-OH is 7. The summed E-state index contributed by atoms with van der Waals surface area (Å²) >= 11 is 0. The van der Waals surface area contributed by atoms with Crippen LogP contribution in [0.5, 0.6) is 0 Å². The van der Waals surface area contributed by atoms with Gasteiger partial charge in [-0.3, -0.25) is 13.8 Å². The number of aliphatic hydroxyl groups is 7. The Labute approximate surface area is 406 Å². The van der Waals surface area contributed by atoms with Gasteiger partial charge in [-0.1, -0.05) is 217 Å². The Balaban J connectivity index is 2.49. The van der Waals surface area contributed by atoms with Crippen LogP contribution in [0.1, 0.15) is 232 Å². The third-order valence-electron chi connectivity index (χ3n) is 13.0. The molecule has 394 valence electrons. The van der Waals surface area contributed by atoms with Gasteiger partial charge >= 0.3 is 7.82 Å². The number of carbonyl (C=O) groups is 1. The maximum Gasteiger partial charge on any atom is 0.472 e. The van der Waals surface area contributed by atoms with Crippen molar-refractivity contribution in [2.45, 2.75) is 287 Å². The second-order valence-electron chi connectivity index (χ2n) is 19.3. The highest BCUT2D eigenvalue weighted by Gasteiger charge is 2.51. The van der Waals surface area contributed by atoms with Crippen molar-refractivity contribution in [2.75, 3.05) is 6.61 Å². The first kappa shape index (κ1) is 63.5. The molecule has 8 unspecified atom stereocenters. The predicted molar refractivity (Wildman–Crippen MR) is 270 cm³/mol. The van der Waals surface area contributed by atoms with Gasteiger partial charge in [-0.25, -0.2) is 4.57 Å². The summed E-state index contributed by atoms with van der Waals surface area (Å²) in [6, 6.07) is -1.26. The zero-order valence-corrected chi connectivity index (χ0v) is 43.0. The monoisotopic (exact) mass is 974 g/mol. The average molecular weight is 974 g/mol. The van der Waals surface area contributed by atoms with E-state index < -0.39 is 75.2 Å². The van der Waals surface area contributed by atoms with Gasteiger partial charge in [-0.15, -0.1) is 0 Å². The molecule has 1 aliphatic rings. The van der Waals surface area contributed by atoms with E-state index in [0.717, 1.165) is 44.9 Å². The molecule has 0 aliphatic heterocycles. The van der Waals surface area contributed by atoms with E-state index in [1.54, 1.807) is 6.08 Å². The molecular weight excluding hydrogens is 874 g/mol. The Morgan fingerprint density at radius 2 is 0.881 bits per heavy atom. The molecule has 0 heterocycles. The Hall–Kier alpha value is -1.48. The van der Waals surface area contributed by atoms with Gasteiger partial charge in [0, 0.05) is 0 Å². The van der Waals surface area contributed by atoms with Crippen LogP contribution >= 0.6 is 7.82 Å². The molecule has 1 rings (SSSR count). The zero-order valence-electron chi connectivity index (χ0n) is 42.1. The van der Waals surface area contributed by atoms with Gasteiger partial charge in [0.15, 0.2) is 0 Å². The third kappa shape index (κ3) is 33.7. The molecule has 0 saturated heterocycles. The van der Waals surface area contributed by atoms with Crippen LogP contribution in [0.2, 0.25) is 0 Å². The minimum Gasteiger partial charge on any atom is -0.393 e. The molecule has 67 heavy (non-hydrogen) atoms. The summed E-state index contributed by atoms with van der Waals surface area (Å²) in [6.07, 6.45) is 36.6. The highest BCUT2D eigenvalue weighted by molar-refractivity contribution is 7.47. The largest absolute Gasteiger partial charge is 0.472 e. The molecule has 0 spiro atoms. The van der Waals surface area contributed by atoms with E-state index in [9.17, 15) is 50.0 Å². The number of hydrogen-bond acceptors (Lipinski definition) is 11.